The van der Waals surface area contributed by atoms with Crippen molar-refractivity contribution in [2.45, 2.75) is 25.7 Å². The molecule has 1 atom stereocenters. The molecule has 6 nitrogen and oxygen atoms in total. The van der Waals surface area contributed by atoms with Gasteiger partial charge in [0.15, 0.2) is 0 Å². The molecule has 2 N–H and O–H groups in total. The van der Waals surface area contributed by atoms with Gasteiger partial charge in [-0.05, 0) is 64.6 Å². The van der Waals surface area contributed by atoms with Crippen LogP contribution in [0.4, 0.5) is 4.79 Å². The molecule has 0 amide bonds. The molecule has 0 saturated carbocycles. The standard InChI is InChI=1S/C29H26N2O4/c1-20-4-2-3-5-27(20)28(19-25(31-34)18-21-14-16-30-17-15-21)24-8-6-22(7-9-24)23-10-12-26(13-11-23)35-29(32)33/h2-17,28,34H,18-19H2,1H3,(H,32,33)/b31-25-/t28-/m1/s1. The van der Waals surface area contributed by atoms with Crippen LogP contribution >= 0.6 is 0 Å². The van der Waals surface area contributed by atoms with Gasteiger partial charge in [-0.2, -0.15) is 0 Å². The summed E-state index contributed by atoms with van der Waals surface area (Å²) in [6.07, 6.45) is 3.26. The average molecular weight is 467 g/mol. The van der Waals surface area contributed by atoms with Gasteiger partial charge in [-0.3, -0.25) is 4.98 Å². The van der Waals surface area contributed by atoms with Crippen molar-refractivity contribution < 1.29 is 19.8 Å². The van der Waals surface area contributed by atoms with Crippen molar-refractivity contribution in [3.8, 4) is 16.9 Å². The molecule has 35 heavy (non-hydrogen) atoms. The Morgan fingerprint density at radius 3 is 2.14 bits per heavy atom. The normalized spacial score (nSPS) is 12.2. The molecule has 0 spiro atoms. The lowest BCUT2D eigenvalue weighted by atomic mass is 9.83. The number of hydrogen-bond acceptors (Lipinski definition) is 5. The van der Waals surface area contributed by atoms with E-state index in [2.05, 4.69) is 46.1 Å². The second-order valence-corrected chi connectivity index (χ2v) is 8.33. The Labute approximate surface area is 204 Å². The van der Waals surface area contributed by atoms with E-state index in [1.807, 2.05) is 48.5 Å². The number of benzene rings is 3. The maximum absolute atomic E-state index is 10.7. The minimum atomic E-state index is -1.33. The van der Waals surface area contributed by atoms with Crippen molar-refractivity contribution in [3.63, 3.8) is 0 Å². The van der Waals surface area contributed by atoms with Gasteiger partial charge in [0, 0.05) is 31.2 Å². The fourth-order valence-corrected chi connectivity index (χ4v) is 4.23. The molecular weight excluding hydrogens is 440 g/mol. The van der Waals surface area contributed by atoms with Crippen LogP contribution in [0, 0.1) is 6.92 Å². The lowest BCUT2D eigenvalue weighted by Crippen LogP contribution is -2.12. The lowest BCUT2D eigenvalue weighted by Gasteiger charge is -2.21. The van der Waals surface area contributed by atoms with E-state index < -0.39 is 6.16 Å². The van der Waals surface area contributed by atoms with Crippen LogP contribution in [-0.4, -0.2) is 27.2 Å². The van der Waals surface area contributed by atoms with Crippen molar-refractivity contribution in [3.05, 3.63) is 120 Å². The Morgan fingerprint density at radius 1 is 0.914 bits per heavy atom. The van der Waals surface area contributed by atoms with Crippen molar-refractivity contribution in [2.75, 3.05) is 0 Å². The highest BCUT2D eigenvalue weighted by Crippen LogP contribution is 2.33. The molecule has 0 bridgehead atoms. The van der Waals surface area contributed by atoms with E-state index >= 15 is 0 Å². The number of carboxylic acid groups (broad SMARTS) is 1. The first-order valence-corrected chi connectivity index (χ1v) is 11.3. The molecule has 4 rings (SSSR count). The Kier molecular flexibility index (Phi) is 7.53. The van der Waals surface area contributed by atoms with E-state index in [0.29, 0.717) is 18.6 Å². The molecule has 0 radical (unpaired) electrons. The molecule has 1 heterocycles. The van der Waals surface area contributed by atoms with E-state index in [4.69, 9.17) is 5.11 Å². The molecular formula is C29H26N2O4. The number of aryl methyl sites for hydroxylation is 1. The number of hydrogen-bond donors (Lipinski definition) is 2. The van der Waals surface area contributed by atoms with Gasteiger partial charge in [-0.15, -0.1) is 0 Å². The fourth-order valence-electron chi connectivity index (χ4n) is 4.23. The van der Waals surface area contributed by atoms with Crippen molar-refractivity contribution in [1.82, 2.24) is 4.98 Å². The van der Waals surface area contributed by atoms with Crippen LogP contribution in [0.2, 0.25) is 0 Å². The topological polar surface area (TPSA) is 92.0 Å². The van der Waals surface area contributed by atoms with E-state index in [-0.39, 0.29) is 11.7 Å². The van der Waals surface area contributed by atoms with Gasteiger partial charge in [0.25, 0.3) is 0 Å². The van der Waals surface area contributed by atoms with Crippen molar-refractivity contribution in [1.29, 1.82) is 0 Å². The molecule has 0 fully saturated rings. The summed E-state index contributed by atoms with van der Waals surface area (Å²) in [4.78, 5) is 14.8. The van der Waals surface area contributed by atoms with Crippen molar-refractivity contribution >= 4 is 11.9 Å². The number of carbonyl (C=O) groups is 1. The highest BCUT2D eigenvalue weighted by molar-refractivity contribution is 5.87. The summed E-state index contributed by atoms with van der Waals surface area (Å²) < 4.78 is 4.69. The molecule has 0 unspecified atom stereocenters. The minimum Gasteiger partial charge on any atom is -0.449 e. The first kappa shape index (κ1) is 23.7. The van der Waals surface area contributed by atoms with Crippen LogP contribution in [0.5, 0.6) is 5.75 Å². The number of aromatic nitrogens is 1. The second kappa shape index (κ2) is 11.1. The van der Waals surface area contributed by atoms with E-state index in [1.54, 1.807) is 24.5 Å². The minimum absolute atomic E-state index is 0.0179. The smallest absolute Gasteiger partial charge is 0.449 e. The molecule has 4 aromatic rings. The first-order chi connectivity index (χ1) is 17.0. The second-order valence-electron chi connectivity index (χ2n) is 8.33. The predicted molar refractivity (Wildman–Crippen MR) is 135 cm³/mol. The summed E-state index contributed by atoms with van der Waals surface area (Å²) in [6.45, 7) is 2.09. The third-order valence-corrected chi connectivity index (χ3v) is 6.01. The van der Waals surface area contributed by atoms with Gasteiger partial charge < -0.3 is 15.1 Å². The molecule has 1 aromatic heterocycles. The third kappa shape index (κ3) is 6.12. The highest BCUT2D eigenvalue weighted by Gasteiger charge is 2.20. The van der Waals surface area contributed by atoms with E-state index in [1.165, 1.54) is 11.1 Å². The molecule has 0 aliphatic heterocycles. The average Bonchev–Trinajstić information content (AvgIpc) is 2.88. The molecule has 0 aliphatic carbocycles. The van der Waals surface area contributed by atoms with Crippen LogP contribution in [-0.2, 0) is 6.42 Å². The van der Waals surface area contributed by atoms with Crippen LogP contribution in [0.15, 0.2) is 102 Å². The fraction of sp³-hybridized carbons (Fsp3) is 0.138. The molecule has 6 heteroatoms. The summed E-state index contributed by atoms with van der Waals surface area (Å²) in [5.74, 6) is 0.298. The van der Waals surface area contributed by atoms with Gasteiger partial charge in [0.1, 0.15) is 5.75 Å². The molecule has 0 saturated heterocycles. The maximum Gasteiger partial charge on any atom is 0.511 e. The summed E-state index contributed by atoms with van der Waals surface area (Å²) >= 11 is 0. The molecule has 0 aliphatic rings. The SMILES string of the molecule is Cc1ccccc1[C@H](C/C(Cc1ccncc1)=N\O)c1ccc(-c2ccc(OC(=O)O)cc2)cc1. The number of nitrogens with zero attached hydrogens (tertiary/aromatic N) is 2. The third-order valence-electron chi connectivity index (χ3n) is 6.01. The predicted octanol–water partition coefficient (Wildman–Crippen LogP) is 6.71. The van der Waals surface area contributed by atoms with E-state index in [9.17, 15) is 10.0 Å². The largest absolute Gasteiger partial charge is 0.511 e. The first-order valence-electron chi connectivity index (χ1n) is 11.3. The highest BCUT2D eigenvalue weighted by atomic mass is 16.7. The lowest BCUT2D eigenvalue weighted by molar-refractivity contribution is 0.144. The van der Waals surface area contributed by atoms with Crippen molar-refractivity contribution in [2.24, 2.45) is 5.16 Å². The maximum atomic E-state index is 10.7. The Balaban J connectivity index is 1.61. The Morgan fingerprint density at radius 2 is 1.54 bits per heavy atom. The number of rotatable bonds is 8. The van der Waals surface area contributed by atoms with Gasteiger partial charge >= 0.3 is 6.16 Å². The van der Waals surface area contributed by atoms with Gasteiger partial charge in [0.05, 0.1) is 5.71 Å². The van der Waals surface area contributed by atoms with Crippen LogP contribution in [0.1, 0.15) is 34.6 Å². The monoisotopic (exact) mass is 466 g/mol. The zero-order valence-electron chi connectivity index (χ0n) is 19.3. The van der Waals surface area contributed by atoms with Gasteiger partial charge in [-0.1, -0.05) is 65.8 Å². The quantitative estimate of drug-likeness (QED) is 0.0990. The van der Waals surface area contributed by atoms with Gasteiger partial charge in [0.2, 0.25) is 0 Å². The summed E-state index contributed by atoms with van der Waals surface area (Å²) in [5, 5.41) is 22.2. The summed E-state index contributed by atoms with van der Waals surface area (Å²) in [5.41, 5.74) is 7.18. The van der Waals surface area contributed by atoms with Crippen LogP contribution in [0.25, 0.3) is 11.1 Å². The molecule has 3 aromatic carbocycles. The zero-order valence-corrected chi connectivity index (χ0v) is 19.3. The zero-order chi connectivity index (χ0) is 24.6. The van der Waals surface area contributed by atoms with Crippen LogP contribution in [0.3, 0.4) is 0 Å². The number of oxime groups is 1. The number of pyridine rings is 1. The summed E-state index contributed by atoms with van der Waals surface area (Å²) in [6, 6.07) is 27.3. The number of ether oxygens (including phenoxy) is 1. The Hall–Kier alpha value is -4.45. The Bertz CT molecular complexity index is 1300. The summed E-state index contributed by atoms with van der Waals surface area (Å²) in [7, 11) is 0. The van der Waals surface area contributed by atoms with Gasteiger partial charge in [-0.25, -0.2) is 4.79 Å². The van der Waals surface area contributed by atoms with E-state index in [0.717, 1.165) is 22.3 Å². The molecule has 176 valence electrons. The van der Waals surface area contributed by atoms with Crippen LogP contribution < -0.4 is 4.74 Å².